The number of hydrogen-bond donors (Lipinski definition) is 3. The molecule has 0 saturated carbocycles. The van der Waals surface area contributed by atoms with Gasteiger partial charge in [-0.1, -0.05) is 0 Å². The van der Waals surface area contributed by atoms with Gasteiger partial charge in [0.25, 0.3) is 5.91 Å². The Labute approximate surface area is 124 Å². The highest BCUT2D eigenvalue weighted by Crippen LogP contribution is 2.12. The minimum atomic E-state index is -0.482. The Morgan fingerprint density at radius 3 is 2.38 bits per heavy atom. The van der Waals surface area contributed by atoms with Gasteiger partial charge >= 0.3 is 0 Å². The molecule has 0 aromatic carbocycles. The molecule has 3 N–H and O–H groups in total. The van der Waals surface area contributed by atoms with E-state index in [2.05, 4.69) is 25.9 Å². The van der Waals surface area contributed by atoms with Gasteiger partial charge in [0.05, 0.1) is 5.56 Å². The summed E-state index contributed by atoms with van der Waals surface area (Å²) in [4.78, 5) is 31.5. The lowest BCUT2D eigenvalue weighted by Gasteiger charge is -2.25. The number of hydrogen-bond acceptors (Lipinski definition) is 5. The largest absolute Gasteiger partial charge is 0.359 e. The topological polar surface area (TPSA) is 96.0 Å². The lowest BCUT2D eigenvalue weighted by atomic mass is 9.97. The van der Waals surface area contributed by atoms with Crippen LogP contribution in [-0.2, 0) is 4.79 Å². The van der Waals surface area contributed by atoms with Crippen molar-refractivity contribution in [2.24, 2.45) is 0 Å². The van der Waals surface area contributed by atoms with Crippen LogP contribution in [0.4, 0.5) is 5.95 Å². The van der Waals surface area contributed by atoms with E-state index < -0.39 is 5.54 Å². The Morgan fingerprint density at radius 1 is 1.24 bits per heavy atom. The van der Waals surface area contributed by atoms with Crippen molar-refractivity contribution in [1.29, 1.82) is 0 Å². The molecule has 0 atom stereocenters. The minimum absolute atomic E-state index is 0.0457. The van der Waals surface area contributed by atoms with Crippen LogP contribution in [0.1, 0.15) is 44.0 Å². The molecule has 0 unspecified atom stereocenters. The van der Waals surface area contributed by atoms with Gasteiger partial charge in [0.15, 0.2) is 0 Å². The number of anilines is 1. The molecule has 1 aromatic heterocycles. The van der Waals surface area contributed by atoms with E-state index in [0.717, 1.165) is 6.54 Å². The van der Waals surface area contributed by atoms with Crippen LogP contribution in [0, 0.1) is 0 Å². The maximum absolute atomic E-state index is 12.1. The molecule has 0 bridgehead atoms. The zero-order valence-electron chi connectivity index (χ0n) is 13.0. The zero-order valence-corrected chi connectivity index (χ0v) is 13.0. The van der Waals surface area contributed by atoms with Crippen LogP contribution in [0.25, 0.3) is 0 Å². The monoisotopic (exact) mass is 293 g/mol. The van der Waals surface area contributed by atoms with E-state index in [1.165, 1.54) is 12.4 Å². The third-order valence-electron chi connectivity index (χ3n) is 2.96. The van der Waals surface area contributed by atoms with E-state index in [4.69, 9.17) is 0 Å². The van der Waals surface area contributed by atoms with Crippen molar-refractivity contribution in [3.63, 3.8) is 0 Å². The fraction of sp³-hybridized carbons (Fsp3) is 0.571. The van der Waals surface area contributed by atoms with Crippen LogP contribution >= 0.6 is 0 Å². The summed E-state index contributed by atoms with van der Waals surface area (Å²) in [5.41, 5.74) is -0.0890. The lowest BCUT2D eigenvalue weighted by Crippen LogP contribution is -2.44. The molecule has 0 aliphatic heterocycles. The molecule has 2 amide bonds. The highest BCUT2D eigenvalue weighted by Gasteiger charge is 2.22. The first-order valence-electron chi connectivity index (χ1n) is 6.97. The molecular weight excluding hydrogens is 270 g/mol. The van der Waals surface area contributed by atoms with Crippen molar-refractivity contribution in [3.05, 3.63) is 18.0 Å². The predicted molar refractivity (Wildman–Crippen MR) is 81.0 cm³/mol. The number of rotatable bonds is 7. The number of nitrogens with one attached hydrogen (secondary N) is 3. The van der Waals surface area contributed by atoms with Gasteiger partial charge in [-0.25, -0.2) is 9.97 Å². The second kappa shape index (κ2) is 7.56. The Hall–Kier alpha value is -2.18. The summed E-state index contributed by atoms with van der Waals surface area (Å²) >= 11 is 0. The SMILES string of the molecule is CCNc1ncc(C(=O)NC(C)(C)CCC(=O)NC)cn1. The Balaban J connectivity index is 2.60. The number of amides is 2. The van der Waals surface area contributed by atoms with E-state index in [1.54, 1.807) is 7.05 Å². The summed E-state index contributed by atoms with van der Waals surface area (Å²) in [6, 6.07) is 0. The average Bonchev–Trinajstić information content (AvgIpc) is 2.45. The Kier molecular flexibility index (Phi) is 6.08. The number of carbonyl (C=O) groups is 2. The van der Waals surface area contributed by atoms with Crippen molar-refractivity contribution >= 4 is 17.8 Å². The summed E-state index contributed by atoms with van der Waals surface area (Å²) < 4.78 is 0. The summed E-state index contributed by atoms with van der Waals surface area (Å²) in [5.74, 6) is 0.198. The van der Waals surface area contributed by atoms with Gasteiger partial charge in [0.1, 0.15) is 0 Å². The van der Waals surface area contributed by atoms with E-state index in [1.807, 2.05) is 20.8 Å². The van der Waals surface area contributed by atoms with E-state index in [0.29, 0.717) is 24.4 Å². The fourth-order valence-corrected chi connectivity index (χ4v) is 1.69. The number of nitrogens with zero attached hydrogens (tertiary/aromatic N) is 2. The first-order chi connectivity index (χ1) is 9.88. The van der Waals surface area contributed by atoms with Crippen molar-refractivity contribution in [3.8, 4) is 0 Å². The summed E-state index contributed by atoms with van der Waals surface area (Å²) in [5, 5.41) is 8.41. The molecule has 116 valence electrons. The molecular formula is C14H23N5O2. The molecule has 1 aromatic rings. The summed E-state index contributed by atoms with van der Waals surface area (Å²) in [6.07, 6.45) is 3.87. The predicted octanol–water partition coefficient (Wildman–Crippen LogP) is 0.943. The standard InChI is InChI=1S/C14H23N5O2/c1-5-16-13-17-8-10(9-18-13)12(21)19-14(2,3)7-6-11(20)15-4/h8-9H,5-7H2,1-4H3,(H,15,20)(H,19,21)(H,16,17,18). The lowest BCUT2D eigenvalue weighted by molar-refractivity contribution is -0.121. The van der Waals surface area contributed by atoms with Gasteiger partial charge in [0, 0.05) is 37.9 Å². The van der Waals surface area contributed by atoms with Crippen LogP contribution in [0.3, 0.4) is 0 Å². The van der Waals surface area contributed by atoms with Crippen molar-refractivity contribution in [2.75, 3.05) is 18.9 Å². The number of carbonyl (C=O) groups excluding carboxylic acids is 2. The molecule has 1 heterocycles. The molecule has 21 heavy (non-hydrogen) atoms. The van der Waals surface area contributed by atoms with Crippen molar-refractivity contribution < 1.29 is 9.59 Å². The van der Waals surface area contributed by atoms with E-state index in [-0.39, 0.29) is 11.8 Å². The van der Waals surface area contributed by atoms with E-state index in [9.17, 15) is 9.59 Å². The zero-order chi connectivity index (χ0) is 15.9. The quantitative estimate of drug-likeness (QED) is 0.695. The molecule has 0 fully saturated rings. The average molecular weight is 293 g/mol. The van der Waals surface area contributed by atoms with Gasteiger partial charge < -0.3 is 16.0 Å². The Morgan fingerprint density at radius 2 is 1.86 bits per heavy atom. The van der Waals surface area contributed by atoms with Crippen molar-refractivity contribution in [2.45, 2.75) is 39.2 Å². The highest BCUT2D eigenvalue weighted by atomic mass is 16.2. The first kappa shape index (κ1) is 16.9. The van der Waals surface area contributed by atoms with Crippen LogP contribution < -0.4 is 16.0 Å². The van der Waals surface area contributed by atoms with Crippen LogP contribution in [-0.4, -0.2) is 40.9 Å². The molecule has 0 spiro atoms. The summed E-state index contributed by atoms with van der Waals surface area (Å²) in [6.45, 7) is 6.42. The second-order valence-corrected chi connectivity index (χ2v) is 5.34. The van der Waals surface area contributed by atoms with Gasteiger partial charge in [-0.05, 0) is 27.2 Å². The van der Waals surface area contributed by atoms with Crippen LogP contribution in [0.5, 0.6) is 0 Å². The minimum Gasteiger partial charge on any atom is -0.359 e. The van der Waals surface area contributed by atoms with Crippen LogP contribution in [0.15, 0.2) is 12.4 Å². The summed E-state index contributed by atoms with van der Waals surface area (Å²) in [7, 11) is 1.59. The third-order valence-corrected chi connectivity index (χ3v) is 2.96. The van der Waals surface area contributed by atoms with Crippen molar-refractivity contribution in [1.82, 2.24) is 20.6 Å². The molecule has 0 aliphatic rings. The Bertz CT molecular complexity index is 485. The third kappa shape index (κ3) is 5.76. The first-order valence-corrected chi connectivity index (χ1v) is 6.97. The van der Waals surface area contributed by atoms with Gasteiger partial charge in [-0.3, -0.25) is 9.59 Å². The van der Waals surface area contributed by atoms with E-state index >= 15 is 0 Å². The maximum atomic E-state index is 12.1. The second-order valence-electron chi connectivity index (χ2n) is 5.34. The molecule has 0 saturated heterocycles. The molecule has 1 rings (SSSR count). The van der Waals surface area contributed by atoms with Gasteiger partial charge in [-0.15, -0.1) is 0 Å². The molecule has 0 radical (unpaired) electrons. The fourth-order valence-electron chi connectivity index (χ4n) is 1.69. The molecule has 7 nitrogen and oxygen atoms in total. The molecule has 7 heteroatoms. The van der Waals surface area contributed by atoms with Crippen LogP contribution in [0.2, 0.25) is 0 Å². The molecule has 0 aliphatic carbocycles. The number of aromatic nitrogens is 2. The van der Waals surface area contributed by atoms with Gasteiger partial charge in [-0.2, -0.15) is 0 Å². The normalized spacial score (nSPS) is 10.9. The highest BCUT2D eigenvalue weighted by molar-refractivity contribution is 5.94. The van der Waals surface area contributed by atoms with Gasteiger partial charge in [0.2, 0.25) is 11.9 Å². The smallest absolute Gasteiger partial charge is 0.254 e. The maximum Gasteiger partial charge on any atom is 0.254 e.